The van der Waals surface area contributed by atoms with E-state index in [0.29, 0.717) is 22.2 Å². The maximum Gasteiger partial charge on any atom is 0.444 e. The van der Waals surface area contributed by atoms with Gasteiger partial charge in [0.2, 0.25) is 6.23 Å². The van der Waals surface area contributed by atoms with Gasteiger partial charge >= 0.3 is 12.2 Å². The van der Waals surface area contributed by atoms with E-state index in [1.807, 2.05) is 0 Å². The van der Waals surface area contributed by atoms with Crippen molar-refractivity contribution < 1.29 is 33.3 Å². The average molecular weight is 446 g/mol. The van der Waals surface area contributed by atoms with Crippen LogP contribution in [0.1, 0.15) is 43.6 Å². The first kappa shape index (κ1) is 20.6. The second kappa shape index (κ2) is 6.59. The summed E-state index contributed by atoms with van der Waals surface area (Å²) in [5.41, 5.74) is 1.44. The number of carbonyl (C=O) groups excluding carboxylic acids is 1. The number of aliphatic hydroxyl groups is 2. The van der Waals surface area contributed by atoms with Crippen molar-refractivity contribution in [2.45, 2.75) is 51.4 Å². The normalized spacial score (nSPS) is 21.7. The number of benzene rings is 2. The Hall–Kier alpha value is -3.31. The number of aromatic nitrogens is 3. The molecule has 9 nitrogen and oxygen atoms in total. The number of halogens is 2. The average Bonchev–Trinajstić information content (AvgIpc) is 3.13. The number of anilines is 1. The quantitative estimate of drug-likeness (QED) is 0.632. The molecule has 0 aliphatic carbocycles. The highest BCUT2D eigenvalue weighted by molar-refractivity contribution is 5.91. The Bertz CT molecular complexity index is 1260. The molecule has 0 saturated carbocycles. The van der Waals surface area contributed by atoms with Crippen molar-refractivity contribution in [3.63, 3.8) is 0 Å². The van der Waals surface area contributed by atoms with Crippen LogP contribution in [-0.4, -0.2) is 43.6 Å². The topological polar surface area (TPSA) is 110 Å². The number of alkyl halides is 2. The maximum atomic E-state index is 14.6. The van der Waals surface area contributed by atoms with Gasteiger partial charge in [0.05, 0.1) is 11.8 Å². The lowest BCUT2D eigenvalue weighted by molar-refractivity contribution is -0.246. The fraction of sp³-hybridized carbons (Fsp3) is 0.381. The van der Waals surface area contributed by atoms with E-state index < -0.39 is 30.1 Å². The first-order valence-electron chi connectivity index (χ1n) is 9.94. The molecule has 0 amide bonds. The van der Waals surface area contributed by atoms with E-state index in [1.165, 1.54) is 19.1 Å². The highest BCUT2D eigenvalue weighted by Crippen LogP contribution is 2.46. The standard InChI is InChI=1S/C21H20F2N4O5/c1-10(28)12-5-4-6-15-17(12)31-21(22,23)18(29)26(15)9-11-7-13-16-14(8-11)24-25-27(16)19(30)32-20(13,2)3/h4-8,10,18,28-29H,9H2,1-3H3/t10-,18?/m0/s1. The smallest absolute Gasteiger partial charge is 0.437 e. The van der Waals surface area contributed by atoms with Crippen molar-refractivity contribution in [3.8, 4) is 5.75 Å². The monoisotopic (exact) mass is 446 g/mol. The summed E-state index contributed by atoms with van der Waals surface area (Å²) >= 11 is 0. The van der Waals surface area contributed by atoms with Gasteiger partial charge < -0.3 is 24.6 Å². The number of nitrogens with zero attached hydrogens (tertiary/aromatic N) is 4. The van der Waals surface area contributed by atoms with Crippen LogP contribution < -0.4 is 9.64 Å². The molecule has 0 spiro atoms. The van der Waals surface area contributed by atoms with E-state index in [1.54, 1.807) is 32.0 Å². The fourth-order valence-electron chi connectivity index (χ4n) is 4.19. The van der Waals surface area contributed by atoms with E-state index in [4.69, 9.17) is 9.47 Å². The molecule has 2 aliphatic rings. The minimum atomic E-state index is -3.91. The number of ether oxygens (including phenoxy) is 2. The van der Waals surface area contributed by atoms with Gasteiger partial charge in [-0.25, -0.2) is 4.79 Å². The van der Waals surface area contributed by atoms with E-state index in [-0.39, 0.29) is 23.5 Å². The zero-order chi connectivity index (χ0) is 23.0. The van der Waals surface area contributed by atoms with Crippen LogP contribution in [0.5, 0.6) is 5.75 Å². The maximum absolute atomic E-state index is 14.6. The molecule has 0 radical (unpaired) electrons. The van der Waals surface area contributed by atoms with Gasteiger partial charge in [-0.15, -0.1) is 9.78 Å². The molecule has 3 aromatic rings. The summed E-state index contributed by atoms with van der Waals surface area (Å²) in [6, 6.07) is 7.95. The van der Waals surface area contributed by atoms with Gasteiger partial charge in [0, 0.05) is 17.7 Å². The third kappa shape index (κ3) is 2.92. The van der Waals surface area contributed by atoms with E-state index >= 15 is 0 Å². The number of carbonyl (C=O) groups is 1. The van der Waals surface area contributed by atoms with Crippen molar-refractivity contribution in [2.75, 3.05) is 4.90 Å². The van der Waals surface area contributed by atoms with Gasteiger partial charge in [-0.05, 0) is 44.5 Å². The number of hydrogen-bond donors (Lipinski definition) is 2. The summed E-state index contributed by atoms with van der Waals surface area (Å²) < 4.78 is 40.4. The lowest BCUT2D eigenvalue weighted by Crippen LogP contribution is -2.54. The predicted octanol–water partition coefficient (Wildman–Crippen LogP) is 3.03. The largest absolute Gasteiger partial charge is 0.444 e. The molecule has 1 aromatic heterocycles. The minimum Gasteiger partial charge on any atom is -0.437 e. The summed E-state index contributed by atoms with van der Waals surface area (Å²) in [4.78, 5) is 13.3. The highest BCUT2D eigenvalue weighted by atomic mass is 19.3. The van der Waals surface area contributed by atoms with Crippen molar-refractivity contribution in [1.29, 1.82) is 0 Å². The summed E-state index contributed by atoms with van der Waals surface area (Å²) in [7, 11) is 0. The number of rotatable bonds is 3. The lowest BCUT2D eigenvalue weighted by Gasteiger charge is -2.41. The third-order valence-corrected chi connectivity index (χ3v) is 5.74. The Morgan fingerprint density at radius 1 is 1.25 bits per heavy atom. The first-order valence-corrected chi connectivity index (χ1v) is 9.94. The molecule has 2 atom stereocenters. The molecule has 2 aliphatic heterocycles. The molecule has 168 valence electrons. The molecule has 32 heavy (non-hydrogen) atoms. The molecule has 3 heterocycles. The van der Waals surface area contributed by atoms with Crippen molar-refractivity contribution in [1.82, 2.24) is 15.0 Å². The Morgan fingerprint density at radius 2 is 2.00 bits per heavy atom. The Morgan fingerprint density at radius 3 is 2.72 bits per heavy atom. The van der Waals surface area contributed by atoms with Crippen molar-refractivity contribution in [3.05, 3.63) is 47.0 Å². The number of fused-ring (bicyclic) bond motifs is 1. The molecule has 0 bridgehead atoms. The van der Waals surface area contributed by atoms with E-state index in [2.05, 4.69) is 10.3 Å². The molecule has 11 heteroatoms. The zero-order valence-electron chi connectivity index (χ0n) is 17.4. The molecular weight excluding hydrogens is 426 g/mol. The fourth-order valence-corrected chi connectivity index (χ4v) is 4.19. The summed E-state index contributed by atoms with van der Waals surface area (Å²) in [6.07, 6.45) is -7.88. The molecule has 0 saturated heterocycles. The second-order valence-electron chi connectivity index (χ2n) is 8.43. The number of cyclic esters (lactones) is 1. The summed E-state index contributed by atoms with van der Waals surface area (Å²) in [6.45, 7) is 4.73. The minimum absolute atomic E-state index is 0.129. The van der Waals surface area contributed by atoms with Crippen LogP contribution >= 0.6 is 0 Å². The Balaban J connectivity index is 1.63. The lowest BCUT2D eigenvalue weighted by atomic mass is 9.93. The Kier molecular flexibility index (Phi) is 4.24. The van der Waals surface area contributed by atoms with Crippen LogP contribution in [0.4, 0.5) is 19.3 Å². The highest BCUT2D eigenvalue weighted by Gasteiger charge is 2.51. The molecule has 0 fully saturated rings. The van der Waals surface area contributed by atoms with Crippen LogP contribution in [0.25, 0.3) is 11.0 Å². The first-order chi connectivity index (χ1) is 15.0. The van der Waals surface area contributed by atoms with Crippen LogP contribution in [0, 0.1) is 0 Å². The molecular formula is C21H20F2N4O5. The van der Waals surface area contributed by atoms with E-state index in [0.717, 1.165) is 9.58 Å². The number of hydrogen-bond acceptors (Lipinski definition) is 8. The van der Waals surface area contributed by atoms with Crippen molar-refractivity contribution >= 4 is 22.8 Å². The van der Waals surface area contributed by atoms with Gasteiger partial charge in [0.15, 0.2) is 5.75 Å². The van der Waals surface area contributed by atoms with Crippen molar-refractivity contribution in [2.24, 2.45) is 0 Å². The van der Waals surface area contributed by atoms with E-state index in [9.17, 15) is 23.8 Å². The van der Waals surface area contributed by atoms with Gasteiger partial charge in [-0.2, -0.15) is 8.78 Å². The third-order valence-electron chi connectivity index (χ3n) is 5.74. The van der Waals surface area contributed by atoms with Crippen LogP contribution in [0.2, 0.25) is 0 Å². The number of para-hydroxylation sites is 1. The van der Waals surface area contributed by atoms with Crippen LogP contribution in [-0.2, 0) is 16.9 Å². The van der Waals surface area contributed by atoms with Crippen LogP contribution in [0.3, 0.4) is 0 Å². The molecule has 2 N–H and O–H groups in total. The van der Waals surface area contributed by atoms with Gasteiger partial charge in [0.25, 0.3) is 0 Å². The van der Waals surface area contributed by atoms with Crippen LogP contribution in [0.15, 0.2) is 30.3 Å². The van der Waals surface area contributed by atoms with Gasteiger partial charge in [-0.1, -0.05) is 17.3 Å². The molecule has 5 rings (SSSR count). The number of aliphatic hydroxyl groups excluding tert-OH is 2. The summed E-state index contributed by atoms with van der Waals surface area (Å²) in [5, 5.41) is 28.3. The molecule has 2 aromatic carbocycles. The second-order valence-corrected chi connectivity index (χ2v) is 8.43. The Labute approximate surface area is 180 Å². The summed E-state index contributed by atoms with van der Waals surface area (Å²) in [5.74, 6) is -0.194. The van der Waals surface area contributed by atoms with Gasteiger partial charge in [0.1, 0.15) is 16.6 Å². The van der Waals surface area contributed by atoms with Gasteiger partial charge in [-0.3, -0.25) is 0 Å². The SMILES string of the molecule is C[C@H](O)c1cccc2c1OC(F)(F)C(O)N2Cc1cc2c3c(c1)nnn3C(=O)OC2(C)C. The zero-order valence-corrected chi connectivity index (χ0v) is 17.4. The molecule has 1 unspecified atom stereocenters. The predicted molar refractivity (Wildman–Crippen MR) is 107 cm³/mol.